The molecular formula is C11H9Cl2N3O2S. The zero-order chi connectivity index (χ0) is 14.0. The fourth-order valence-corrected chi connectivity index (χ4v) is 3.09. The van der Waals surface area contributed by atoms with E-state index in [-0.39, 0.29) is 26.4 Å². The van der Waals surface area contributed by atoms with Crippen molar-refractivity contribution < 1.29 is 8.42 Å². The first-order valence-electron chi connectivity index (χ1n) is 5.08. The number of aromatic nitrogens is 1. The van der Waals surface area contributed by atoms with Gasteiger partial charge in [-0.15, -0.1) is 0 Å². The maximum atomic E-state index is 12.2. The minimum atomic E-state index is -3.87. The molecule has 3 N–H and O–H groups in total. The fraction of sp³-hybridized carbons (Fsp3) is 0. The van der Waals surface area contributed by atoms with Crippen molar-refractivity contribution in [2.24, 2.45) is 0 Å². The van der Waals surface area contributed by atoms with Crippen molar-refractivity contribution >= 4 is 44.6 Å². The molecule has 1 heterocycles. The maximum absolute atomic E-state index is 12.2. The van der Waals surface area contributed by atoms with Gasteiger partial charge in [0.15, 0.2) is 5.15 Å². The number of benzene rings is 1. The van der Waals surface area contributed by atoms with Crippen molar-refractivity contribution in [3.63, 3.8) is 0 Å². The number of pyridine rings is 1. The third kappa shape index (κ3) is 3.09. The standard InChI is InChI=1S/C11H9Cl2N3O2S/c12-7-3-4-8(14)10(6-7)19(17,18)16-9-2-1-5-15-11(9)13/h1-6,16H,14H2. The first kappa shape index (κ1) is 13.9. The summed E-state index contributed by atoms with van der Waals surface area (Å²) in [5, 5.41) is 0.318. The van der Waals surface area contributed by atoms with Crippen LogP contribution in [0.4, 0.5) is 11.4 Å². The number of nitrogens with two attached hydrogens (primary N) is 1. The highest BCUT2D eigenvalue weighted by Gasteiger charge is 2.19. The molecule has 0 bridgehead atoms. The second-order valence-corrected chi connectivity index (χ2v) is 6.07. The van der Waals surface area contributed by atoms with Gasteiger partial charge in [-0.3, -0.25) is 4.72 Å². The lowest BCUT2D eigenvalue weighted by Gasteiger charge is -2.11. The lowest BCUT2D eigenvalue weighted by Crippen LogP contribution is -2.15. The Morgan fingerprint density at radius 3 is 2.63 bits per heavy atom. The number of nitrogens with one attached hydrogen (secondary N) is 1. The molecule has 0 aliphatic heterocycles. The molecule has 0 saturated carbocycles. The number of sulfonamides is 1. The zero-order valence-corrected chi connectivity index (χ0v) is 11.8. The van der Waals surface area contributed by atoms with Crippen LogP contribution in [0.15, 0.2) is 41.4 Å². The number of hydrogen-bond donors (Lipinski definition) is 2. The van der Waals surface area contributed by atoms with E-state index >= 15 is 0 Å². The highest BCUT2D eigenvalue weighted by molar-refractivity contribution is 7.92. The Morgan fingerprint density at radius 1 is 1.21 bits per heavy atom. The summed E-state index contributed by atoms with van der Waals surface area (Å²) in [4.78, 5) is 3.67. The third-order valence-corrected chi connectivity index (χ3v) is 4.23. The van der Waals surface area contributed by atoms with Crippen LogP contribution in [0.1, 0.15) is 0 Å². The zero-order valence-electron chi connectivity index (χ0n) is 9.47. The summed E-state index contributed by atoms with van der Waals surface area (Å²) in [6.07, 6.45) is 1.45. The molecule has 1 aromatic carbocycles. The quantitative estimate of drug-likeness (QED) is 0.673. The van der Waals surface area contributed by atoms with E-state index in [4.69, 9.17) is 28.9 Å². The largest absolute Gasteiger partial charge is 0.398 e. The van der Waals surface area contributed by atoms with Gasteiger partial charge in [0.25, 0.3) is 10.0 Å². The summed E-state index contributed by atoms with van der Waals surface area (Å²) in [6, 6.07) is 7.25. The monoisotopic (exact) mass is 317 g/mol. The van der Waals surface area contributed by atoms with Crippen molar-refractivity contribution in [2.45, 2.75) is 4.90 Å². The molecule has 0 fully saturated rings. The molecule has 8 heteroatoms. The molecule has 1 aromatic heterocycles. The summed E-state index contributed by atoms with van der Waals surface area (Å²) in [5.74, 6) is 0. The summed E-state index contributed by atoms with van der Waals surface area (Å²) in [6.45, 7) is 0. The summed E-state index contributed by atoms with van der Waals surface area (Å²) >= 11 is 11.6. The Hall–Kier alpha value is -1.50. The van der Waals surface area contributed by atoms with Crippen molar-refractivity contribution in [1.29, 1.82) is 0 Å². The molecule has 2 aromatic rings. The van der Waals surface area contributed by atoms with Crippen molar-refractivity contribution in [3.8, 4) is 0 Å². The summed E-state index contributed by atoms with van der Waals surface area (Å²) in [5.41, 5.74) is 5.91. The molecule has 2 rings (SSSR count). The highest BCUT2D eigenvalue weighted by Crippen LogP contribution is 2.26. The second kappa shape index (κ2) is 5.24. The van der Waals surface area contributed by atoms with Gasteiger partial charge in [0.05, 0.1) is 11.4 Å². The SMILES string of the molecule is Nc1ccc(Cl)cc1S(=O)(=O)Nc1cccnc1Cl. The van der Waals surface area contributed by atoms with Crippen LogP contribution in [0, 0.1) is 0 Å². The molecule has 0 radical (unpaired) electrons. The Bertz CT molecular complexity index is 720. The molecule has 0 aliphatic rings. The smallest absolute Gasteiger partial charge is 0.264 e. The minimum Gasteiger partial charge on any atom is -0.398 e. The van der Waals surface area contributed by atoms with Crippen LogP contribution in [0.2, 0.25) is 10.2 Å². The topological polar surface area (TPSA) is 85.1 Å². The van der Waals surface area contributed by atoms with E-state index in [1.54, 1.807) is 6.07 Å². The lowest BCUT2D eigenvalue weighted by atomic mass is 10.3. The average Bonchev–Trinajstić information content (AvgIpc) is 2.35. The number of rotatable bonds is 3. The van der Waals surface area contributed by atoms with Gasteiger partial charge in [-0.1, -0.05) is 23.2 Å². The fourth-order valence-electron chi connectivity index (χ4n) is 1.40. The molecule has 0 atom stereocenters. The van der Waals surface area contributed by atoms with Gasteiger partial charge < -0.3 is 5.73 Å². The van der Waals surface area contributed by atoms with Crippen molar-refractivity contribution in [2.75, 3.05) is 10.5 Å². The van der Waals surface area contributed by atoms with Gasteiger partial charge in [0, 0.05) is 11.2 Å². The predicted octanol–water partition coefficient (Wildman–Crippen LogP) is 2.77. The molecule has 0 amide bonds. The predicted molar refractivity (Wildman–Crippen MR) is 75.9 cm³/mol. The van der Waals surface area contributed by atoms with Gasteiger partial charge in [0.2, 0.25) is 0 Å². The van der Waals surface area contributed by atoms with E-state index in [0.717, 1.165) is 0 Å². The molecule has 0 aliphatic carbocycles. The van der Waals surface area contributed by atoms with Gasteiger partial charge in [-0.2, -0.15) is 0 Å². The van der Waals surface area contributed by atoms with Crippen LogP contribution in [0.5, 0.6) is 0 Å². The van der Waals surface area contributed by atoms with E-state index in [2.05, 4.69) is 9.71 Å². The van der Waals surface area contributed by atoms with Crippen LogP contribution in [0.3, 0.4) is 0 Å². The lowest BCUT2D eigenvalue weighted by molar-refractivity contribution is 0.601. The number of anilines is 2. The van der Waals surface area contributed by atoms with Crippen LogP contribution in [-0.2, 0) is 10.0 Å². The molecule has 0 unspecified atom stereocenters. The van der Waals surface area contributed by atoms with Gasteiger partial charge in [-0.05, 0) is 30.3 Å². The van der Waals surface area contributed by atoms with E-state index in [0.29, 0.717) is 0 Å². The number of nitrogens with zero attached hydrogens (tertiary/aromatic N) is 1. The highest BCUT2D eigenvalue weighted by atomic mass is 35.5. The van der Waals surface area contributed by atoms with Gasteiger partial charge in [0.1, 0.15) is 4.90 Å². The molecular weight excluding hydrogens is 309 g/mol. The van der Waals surface area contributed by atoms with Crippen LogP contribution in [-0.4, -0.2) is 13.4 Å². The average molecular weight is 318 g/mol. The van der Waals surface area contributed by atoms with Gasteiger partial charge in [-0.25, -0.2) is 13.4 Å². The molecule has 19 heavy (non-hydrogen) atoms. The van der Waals surface area contributed by atoms with Crippen LogP contribution >= 0.6 is 23.2 Å². The molecule has 100 valence electrons. The number of halogens is 2. The normalized spacial score (nSPS) is 11.3. The number of hydrogen-bond acceptors (Lipinski definition) is 4. The minimum absolute atomic E-state index is 0.0478. The Kier molecular flexibility index (Phi) is 3.84. The second-order valence-electron chi connectivity index (χ2n) is 3.63. The first-order valence-corrected chi connectivity index (χ1v) is 7.32. The van der Waals surface area contributed by atoms with E-state index in [1.165, 1.54) is 30.5 Å². The van der Waals surface area contributed by atoms with Gasteiger partial charge >= 0.3 is 0 Å². The first-order chi connectivity index (χ1) is 8.90. The number of nitrogen functional groups attached to an aromatic ring is 1. The Morgan fingerprint density at radius 2 is 1.95 bits per heavy atom. The molecule has 5 nitrogen and oxygen atoms in total. The molecule has 0 spiro atoms. The van der Waals surface area contributed by atoms with E-state index in [1.807, 2.05) is 0 Å². The van der Waals surface area contributed by atoms with E-state index < -0.39 is 10.0 Å². The van der Waals surface area contributed by atoms with Crippen molar-refractivity contribution in [1.82, 2.24) is 4.98 Å². The molecule has 0 saturated heterocycles. The Balaban J connectivity index is 2.44. The third-order valence-electron chi connectivity index (χ3n) is 2.27. The maximum Gasteiger partial charge on any atom is 0.264 e. The Labute approximate surface area is 120 Å². The van der Waals surface area contributed by atoms with Crippen LogP contribution < -0.4 is 10.5 Å². The summed E-state index contributed by atoms with van der Waals surface area (Å²) in [7, 11) is -3.87. The summed E-state index contributed by atoms with van der Waals surface area (Å²) < 4.78 is 26.7. The van der Waals surface area contributed by atoms with E-state index in [9.17, 15) is 8.42 Å². The van der Waals surface area contributed by atoms with Crippen LogP contribution in [0.25, 0.3) is 0 Å². The van der Waals surface area contributed by atoms with Crippen molar-refractivity contribution in [3.05, 3.63) is 46.7 Å².